The highest BCUT2D eigenvalue weighted by Crippen LogP contribution is 2.41. The van der Waals surface area contributed by atoms with E-state index in [4.69, 9.17) is 0 Å². The van der Waals surface area contributed by atoms with Crippen molar-refractivity contribution in [1.82, 2.24) is 10.2 Å². The highest BCUT2D eigenvalue weighted by atomic mass is 127. The van der Waals surface area contributed by atoms with E-state index in [0.717, 1.165) is 19.0 Å². The van der Waals surface area contributed by atoms with Crippen LogP contribution in [-0.2, 0) is 0 Å². The van der Waals surface area contributed by atoms with E-state index < -0.39 is 0 Å². The van der Waals surface area contributed by atoms with Gasteiger partial charge in [0.25, 0.3) is 0 Å². The van der Waals surface area contributed by atoms with Crippen LogP contribution >= 0.6 is 22.6 Å². The summed E-state index contributed by atoms with van der Waals surface area (Å²) in [5, 5.41) is 3.46. The van der Waals surface area contributed by atoms with Gasteiger partial charge in [-0.3, -0.25) is 4.90 Å². The molecule has 1 saturated heterocycles. The Morgan fingerprint density at radius 3 is 2.61 bits per heavy atom. The number of nitrogens with one attached hydrogen (secondary N) is 1. The van der Waals surface area contributed by atoms with Crippen LogP contribution in [0.1, 0.15) is 30.9 Å². The van der Waals surface area contributed by atoms with Gasteiger partial charge in [0, 0.05) is 35.8 Å². The van der Waals surface area contributed by atoms with Gasteiger partial charge >= 0.3 is 0 Å². The van der Waals surface area contributed by atoms with Gasteiger partial charge in [0.05, 0.1) is 0 Å². The van der Waals surface area contributed by atoms with E-state index in [2.05, 4.69) is 57.1 Å². The third-order valence-electron chi connectivity index (χ3n) is 4.33. The number of hydrogen-bond donors (Lipinski definition) is 1. The maximum Gasteiger partial charge on any atom is 0.0377 e. The summed E-state index contributed by atoms with van der Waals surface area (Å²) in [5.41, 5.74) is 1.54. The minimum atomic E-state index is 0.663. The zero-order valence-corrected chi connectivity index (χ0v) is 12.9. The summed E-state index contributed by atoms with van der Waals surface area (Å²) in [7, 11) is 0. The lowest BCUT2D eigenvalue weighted by atomic mass is 9.76. The quantitative estimate of drug-likeness (QED) is 0.838. The van der Waals surface area contributed by atoms with Crippen molar-refractivity contribution in [2.24, 2.45) is 5.92 Å². The summed E-state index contributed by atoms with van der Waals surface area (Å²) in [5.74, 6) is 0.890. The van der Waals surface area contributed by atoms with E-state index in [1.165, 1.54) is 41.5 Å². The average Bonchev–Trinajstić information content (AvgIpc) is 2.34. The van der Waals surface area contributed by atoms with Crippen LogP contribution in [-0.4, -0.2) is 31.1 Å². The van der Waals surface area contributed by atoms with Crippen LogP contribution in [0.15, 0.2) is 24.3 Å². The van der Waals surface area contributed by atoms with Crippen LogP contribution in [0.25, 0.3) is 0 Å². The van der Waals surface area contributed by atoms with Crippen LogP contribution < -0.4 is 5.32 Å². The number of benzene rings is 1. The molecule has 1 saturated carbocycles. The minimum absolute atomic E-state index is 0.663. The van der Waals surface area contributed by atoms with Crippen molar-refractivity contribution in [3.05, 3.63) is 33.4 Å². The van der Waals surface area contributed by atoms with E-state index in [1.807, 2.05) is 0 Å². The monoisotopic (exact) mass is 356 g/mol. The fraction of sp³-hybridized carbons (Fsp3) is 0.600. The molecule has 3 heteroatoms. The van der Waals surface area contributed by atoms with Crippen LogP contribution in [0, 0.1) is 9.49 Å². The Labute approximate surface area is 123 Å². The zero-order chi connectivity index (χ0) is 12.4. The molecule has 0 radical (unpaired) electrons. The Morgan fingerprint density at radius 2 is 2.00 bits per heavy atom. The molecule has 1 aromatic rings. The first kappa shape index (κ1) is 12.9. The van der Waals surface area contributed by atoms with Gasteiger partial charge in [-0.2, -0.15) is 0 Å². The van der Waals surface area contributed by atoms with E-state index in [9.17, 15) is 0 Å². The van der Waals surface area contributed by atoms with E-state index in [0.29, 0.717) is 6.04 Å². The fourth-order valence-corrected chi connectivity index (χ4v) is 3.75. The SMILES string of the molecule is Ic1cccc([C@@H](C2CCC2)N2CCNCC2)c1. The molecular weight excluding hydrogens is 335 g/mol. The number of nitrogens with zero attached hydrogens (tertiary/aromatic N) is 1. The molecule has 1 N–H and O–H groups in total. The largest absolute Gasteiger partial charge is 0.314 e. The molecule has 2 aliphatic rings. The third kappa shape index (κ3) is 2.73. The Morgan fingerprint density at radius 1 is 1.22 bits per heavy atom. The minimum Gasteiger partial charge on any atom is -0.314 e. The summed E-state index contributed by atoms with van der Waals surface area (Å²) in [6.07, 6.45) is 4.26. The second-order valence-electron chi connectivity index (χ2n) is 5.48. The number of rotatable bonds is 3. The Hall–Kier alpha value is -0.130. The summed E-state index contributed by atoms with van der Waals surface area (Å²) in [6, 6.07) is 9.78. The van der Waals surface area contributed by atoms with Crippen molar-refractivity contribution < 1.29 is 0 Å². The summed E-state index contributed by atoms with van der Waals surface area (Å²) in [4.78, 5) is 2.70. The van der Waals surface area contributed by atoms with Gasteiger partial charge in [-0.15, -0.1) is 0 Å². The Kier molecular flexibility index (Phi) is 4.21. The average molecular weight is 356 g/mol. The molecule has 0 aromatic heterocycles. The van der Waals surface area contributed by atoms with Gasteiger partial charge < -0.3 is 5.32 Å². The topological polar surface area (TPSA) is 15.3 Å². The lowest BCUT2D eigenvalue weighted by Gasteiger charge is -2.43. The standard InChI is InChI=1S/C15H21IN2/c16-14-6-2-5-13(11-14)15(12-3-1-4-12)18-9-7-17-8-10-18/h2,5-6,11-12,15,17H,1,3-4,7-10H2/t15-/m1/s1. The molecule has 2 fully saturated rings. The van der Waals surface area contributed by atoms with Gasteiger partial charge in [-0.25, -0.2) is 0 Å². The Bertz CT molecular complexity index is 397. The molecule has 1 aromatic carbocycles. The molecule has 98 valence electrons. The normalized spacial score (nSPS) is 23.6. The molecule has 2 nitrogen and oxygen atoms in total. The maximum absolute atomic E-state index is 3.46. The molecule has 0 bridgehead atoms. The van der Waals surface area contributed by atoms with Crippen molar-refractivity contribution >= 4 is 22.6 Å². The molecule has 1 heterocycles. The summed E-state index contributed by atoms with van der Waals surface area (Å²) in [6.45, 7) is 4.69. The van der Waals surface area contributed by atoms with Gasteiger partial charge in [0.2, 0.25) is 0 Å². The number of halogens is 1. The highest BCUT2D eigenvalue weighted by molar-refractivity contribution is 14.1. The first-order valence-electron chi connectivity index (χ1n) is 7.05. The van der Waals surface area contributed by atoms with Crippen molar-refractivity contribution in [2.45, 2.75) is 25.3 Å². The van der Waals surface area contributed by atoms with E-state index in [-0.39, 0.29) is 0 Å². The van der Waals surface area contributed by atoms with E-state index in [1.54, 1.807) is 0 Å². The summed E-state index contributed by atoms with van der Waals surface area (Å²) < 4.78 is 1.37. The second-order valence-corrected chi connectivity index (χ2v) is 6.72. The molecule has 0 unspecified atom stereocenters. The molecule has 0 amide bonds. The fourth-order valence-electron chi connectivity index (χ4n) is 3.19. The van der Waals surface area contributed by atoms with Crippen LogP contribution in [0.3, 0.4) is 0 Å². The molecule has 1 aliphatic carbocycles. The highest BCUT2D eigenvalue weighted by Gasteiger charge is 2.33. The summed E-state index contributed by atoms with van der Waals surface area (Å²) >= 11 is 2.43. The predicted molar refractivity (Wildman–Crippen MR) is 83.7 cm³/mol. The van der Waals surface area contributed by atoms with Crippen LogP contribution in [0.2, 0.25) is 0 Å². The van der Waals surface area contributed by atoms with E-state index >= 15 is 0 Å². The smallest absolute Gasteiger partial charge is 0.0377 e. The molecule has 3 rings (SSSR count). The molecular formula is C15H21IN2. The van der Waals surface area contributed by atoms with Gasteiger partial charge in [0.15, 0.2) is 0 Å². The van der Waals surface area contributed by atoms with Crippen molar-refractivity contribution in [1.29, 1.82) is 0 Å². The number of hydrogen-bond acceptors (Lipinski definition) is 2. The lowest BCUT2D eigenvalue weighted by molar-refractivity contribution is 0.0837. The lowest BCUT2D eigenvalue weighted by Crippen LogP contribution is -2.47. The van der Waals surface area contributed by atoms with Crippen LogP contribution in [0.4, 0.5) is 0 Å². The zero-order valence-electron chi connectivity index (χ0n) is 10.7. The van der Waals surface area contributed by atoms with Crippen molar-refractivity contribution in [3.8, 4) is 0 Å². The maximum atomic E-state index is 3.46. The molecule has 0 spiro atoms. The molecule has 18 heavy (non-hydrogen) atoms. The van der Waals surface area contributed by atoms with Crippen molar-refractivity contribution in [2.75, 3.05) is 26.2 Å². The molecule has 1 aliphatic heterocycles. The third-order valence-corrected chi connectivity index (χ3v) is 5.00. The second kappa shape index (κ2) is 5.88. The van der Waals surface area contributed by atoms with Crippen molar-refractivity contribution in [3.63, 3.8) is 0 Å². The van der Waals surface area contributed by atoms with Gasteiger partial charge in [-0.1, -0.05) is 18.6 Å². The van der Waals surface area contributed by atoms with Gasteiger partial charge in [-0.05, 0) is 59.0 Å². The Balaban J connectivity index is 1.84. The predicted octanol–water partition coefficient (Wildman–Crippen LogP) is 3.04. The molecule has 1 atom stereocenters. The number of piperazine rings is 1. The van der Waals surface area contributed by atoms with Gasteiger partial charge in [0.1, 0.15) is 0 Å². The first-order chi connectivity index (χ1) is 8.84. The first-order valence-corrected chi connectivity index (χ1v) is 8.13. The van der Waals surface area contributed by atoms with Crippen LogP contribution in [0.5, 0.6) is 0 Å².